The van der Waals surface area contributed by atoms with Crippen molar-refractivity contribution in [3.8, 4) is 5.75 Å². The van der Waals surface area contributed by atoms with Crippen LogP contribution in [-0.4, -0.2) is 49.3 Å². The van der Waals surface area contributed by atoms with Gasteiger partial charge in [0.2, 0.25) is 5.60 Å². The van der Waals surface area contributed by atoms with Crippen molar-refractivity contribution in [3.05, 3.63) is 46.9 Å². The average Bonchev–Trinajstić information content (AvgIpc) is 2.65. The molecular formula is C20H25F4N3O2. The molecule has 0 aliphatic carbocycles. The maximum atomic E-state index is 14.2. The zero-order valence-corrected chi connectivity index (χ0v) is 16.9. The number of hydrogen-bond acceptors (Lipinski definition) is 4. The highest BCUT2D eigenvalue weighted by Crippen LogP contribution is 2.50. The molecule has 0 fully saturated rings. The van der Waals surface area contributed by atoms with Gasteiger partial charge in [-0.3, -0.25) is 0 Å². The Morgan fingerprint density at radius 1 is 1.31 bits per heavy atom. The molecule has 2 rings (SSSR count). The third kappa shape index (κ3) is 4.39. The predicted octanol–water partition coefficient (Wildman–Crippen LogP) is 4.09. The number of nitrogens with one attached hydrogen (secondary N) is 1. The highest BCUT2D eigenvalue weighted by atomic mass is 19.4. The minimum atomic E-state index is -5.20. The Kier molecular flexibility index (Phi) is 6.62. The first-order valence-corrected chi connectivity index (χ1v) is 8.98. The van der Waals surface area contributed by atoms with E-state index in [1.165, 1.54) is 19.3 Å². The van der Waals surface area contributed by atoms with Crippen LogP contribution in [0.15, 0.2) is 40.8 Å². The largest absolute Gasteiger partial charge is 0.496 e. The van der Waals surface area contributed by atoms with Crippen molar-refractivity contribution in [1.29, 1.82) is 0 Å². The fourth-order valence-electron chi connectivity index (χ4n) is 2.78. The molecular weight excluding hydrogens is 390 g/mol. The minimum absolute atomic E-state index is 0.0243. The Bertz CT molecular complexity index is 847. The first-order chi connectivity index (χ1) is 13.4. The highest BCUT2D eigenvalue weighted by Gasteiger charge is 2.59. The van der Waals surface area contributed by atoms with Crippen LogP contribution in [0.25, 0.3) is 0 Å². The molecule has 160 valence electrons. The summed E-state index contributed by atoms with van der Waals surface area (Å²) in [4.78, 5) is 6.12. The molecule has 1 heterocycles. The van der Waals surface area contributed by atoms with Gasteiger partial charge in [-0.25, -0.2) is 4.99 Å². The van der Waals surface area contributed by atoms with E-state index in [0.29, 0.717) is 11.3 Å². The van der Waals surface area contributed by atoms with Crippen LogP contribution in [0.2, 0.25) is 0 Å². The molecule has 5 nitrogen and oxygen atoms in total. The molecule has 1 atom stereocenters. The molecule has 2 N–H and O–H groups in total. The Morgan fingerprint density at radius 3 is 2.48 bits per heavy atom. The topological polar surface area (TPSA) is 57.1 Å². The number of rotatable bonds is 6. The zero-order chi connectivity index (χ0) is 22.0. The monoisotopic (exact) mass is 415 g/mol. The smallest absolute Gasteiger partial charge is 0.426 e. The quantitative estimate of drug-likeness (QED) is 0.318. The Balaban J connectivity index is 2.67. The predicted molar refractivity (Wildman–Crippen MR) is 104 cm³/mol. The number of aryl methyl sites for hydroxylation is 1. The fourth-order valence-corrected chi connectivity index (χ4v) is 2.78. The number of benzene rings is 1. The van der Waals surface area contributed by atoms with E-state index < -0.39 is 28.9 Å². The molecule has 9 heteroatoms. The zero-order valence-electron chi connectivity index (χ0n) is 16.9. The lowest BCUT2D eigenvalue weighted by atomic mass is 9.83. The van der Waals surface area contributed by atoms with Gasteiger partial charge in [0.1, 0.15) is 5.75 Å². The Hall–Kier alpha value is -2.55. The van der Waals surface area contributed by atoms with Gasteiger partial charge in [-0.05, 0) is 32.4 Å². The summed E-state index contributed by atoms with van der Waals surface area (Å²) in [5.41, 5.74) is -4.40. The second-order valence-electron chi connectivity index (χ2n) is 7.06. The van der Waals surface area contributed by atoms with Crippen molar-refractivity contribution >= 4 is 12.0 Å². The van der Waals surface area contributed by atoms with Crippen molar-refractivity contribution in [3.63, 3.8) is 0 Å². The molecule has 0 saturated heterocycles. The van der Waals surface area contributed by atoms with E-state index in [1.54, 1.807) is 13.3 Å². The number of aliphatic imine (C=N–C) groups is 1. The van der Waals surface area contributed by atoms with E-state index in [0.717, 1.165) is 12.1 Å². The molecule has 1 unspecified atom stereocenters. The van der Waals surface area contributed by atoms with Crippen LogP contribution in [-0.2, 0) is 5.60 Å². The van der Waals surface area contributed by atoms with Crippen LogP contribution in [0, 0.1) is 6.92 Å². The van der Waals surface area contributed by atoms with Crippen LogP contribution in [0.4, 0.5) is 23.2 Å². The van der Waals surface area contributed by atoms with Crippen molar-refractivity contribution in [1.82, 2.24) is 10.2 Å². The summed E-state index contributed by atoms with van der Waals surface area (Å²) in [6.45, 7) is 5.50. The Labute approximate surface area is 167 Å². The number of methoxy groups -OCH3 is 1. The van der Waals surface area contributed by atoms with E-state index in [-0.39, 0.29) is 18.3 Å². The first kappa shape index (κ1) is 22.7. The van der Waals surface area contributed by atoms with Gasteiger partial charge in [0, 0.05) is 36.8 Å². The van der Waals surface area contributed by atoms with Crippen LogP contribution < -0.4 is 10.1 Å². The molecule has 0 bridgehead atoms. The average molecular weight is 415 g/mol. The second kappa shape index (κ2) is 8.44. The first-order valence-electron chi connectivity index (χ1n) is 8.98. The van der Waals surface area contributed by atoms with Gasteiger partial charge < -0.3 is 20.1 Å². The summed E-state index contributed by atoms with van der Waals surface area (Å²) in [6, 6.07) is 2.60. The maximum Gasteiger partial charge on any atom is 0.426 e. The van der Waals surface area contributed by atoms with Gasteiger partial charge in [0.05, 0.1) is 19.1 Å². The summed E-state index contributed by atoms with van der Waals surface area (Å²) in [5.74, 6) is -1.50. The van der Waals surface area contributed by atoms with E-state index in [1.807, 2.05) is 25.8 Å². The number of hydrogen-bond donors (Lipinski definition) is 2. The molecule has 1 aromatic carbocycles. The second-order valence-corrected chi connectivity index (χ2v) is 7.06. The molecule has 1 aliphatic heterocycles. The number of nitrogens with zero attached hydrogens (tertiary/aromatic N) is 2. The summed E-state index contributed by atoms with van der Waals surface area (Å²) >= 11 is 0. The van der Waals surface area contributed by atoms with E-state index in [4.69, 9.17) is 4.74 Å². The molecule has 0 saturated carbocycles. The van der Waals surface area contributed by atoms with E-state index in [2.05, 4.69) is 10.3 Å². The lowest BCUT2D eigenvalue weighted by Gasteiger charge is -2.34. The van der Waals surface area contributed by atoms with Gasteiger partial charge in [-0.2, -0.15) is 17.6 Å². The normalized spacial score (nSPS) is 16.9. The van der Waals surface area contributed by atoms with Gasteiger partial charge in [-0.15, -0.1) is 0 Å². The molecule has 0 radical (unpaired) electrons. The minimum Gasteiger partial charge on any atom is -0.496 e. The van der Waals surface area contributed by atoms with Crippen molar-refractivity contribution in [2.24, 2.45) is 4.99 Å². The summed E-state index contributed by atoms with van der Waals surface area (Å²) in [5, 5.41) is 13.0. The molecule has 0 spiro atoms. The lowest BCUT2D eigenvalue weighted by Crippen LogP contribution is -2.45. The number of aliphatic hydroxyl groups is 1. The number of ether oxygens (including phenoxy) is 1. The Morgan fingerprint density at radius 2 is 1.97 bits per heavy atom. The molecule has 0 aromatic heterocycles. The number of halogens is 4. The summed E-state index contributed by atoms with van der Waals surface area (Å²) in [6.07, 6.45) is -1.42. The van der Waals surface area contributed by atoms with Crippen LogP contribution in [0.3, 0.4) is 0 Å². The molecule has 29 heavy (non-hydrogen) atoms. The third-order valence-electron chi connectivity index (χ3n) is 4.80. The van der Waals surface area contributed by atoms with Crippen molar-refractivity contribution < 1.29 is 27.4 Å². The number of alkyl halides is 3. The van der Waals surface area contributed by atoms with E-state index in [9.17, 15) is 22.7 Å². The van der Waals surface area contributed by atoms with E-state index >= 15 is 0 Å². The maximum absolute atomic E-state index is 14.2. The standard InChI is InChI=1S/C20H25F4N3O2/c1-12(2)27(4)11-26-16-10-17(29-5)15(9-13(16)3)19(28,20(22,23)24)14-7-6-8-25-18(14)21/h6-7,9-12,25,28H,8H2,1-5H3. The van der Waals surface area contributed by atoms with Crippen LogP contribution in [0.5, 0.6) is 5.75 Å². The third-order valence-corrected chi connectivity index (χ3v) is 4.80. The van der Waals surface area contributed by atoms with Gasteiger partial charge in [0.15, 0.2) is 5.95 Å². The molecule has 1 aromatic rings. The fraction of sp³-hybridized carbons (Fsp3) is 0.450. The van der Waals surface area contributed by atoms with Crippen LogP contribution >= 0.6 is 0 Å². The molecule has 1 aliphatic rings. The SMILES string of the molecule is COc1cc(N=CN(C)C(C)C)c(C)cc1C(O)(C1=C(F)NCC=C1)C(F)(F)F. The van der Waals surface area contributed by atoms with Crippen molar-refractivity contribution in [2.45, 2.75) is 38.6 Å². The van der Waals surface area contributed by atoms with Crippen LogP contribution in [0.1, 0.15) is 25.0 Å². The lowest BCUT2D eigenvalue weighted by molar-refractivity contribution is -0.249. The van der Waals surface area contributed by atoms with Crippen molar-refractivity contribution in [2.75, 3.05) is 20.7 Å². The summed E-state index contributed by atoms with van der Waals surface area (Å²) in [7, 11) is 2.99. The summed E-state index contributed by atoms with van der Waals surface area (Å²) < 4.78 is 61.5. The molecule has 0 amide bonds. The van der Waals surface area contributed by atoms with Gasteiger partial charge >= 0.3 is 6.18 Å². The number of dihydropyridines is 1. The highest BCUT2D eigenvalue weighted by molar-refractivity contribution is 5.66. The van der Waals surface area contributed by atoms with Gasteiger partial charge in [0.25, 0.3) is 0 Å². The van der Waals surface area contributed by atoms with Gasteiger partial charge in [-0.1, -0.05) is 12.2 Å².